The third-order valence-electron chi connectivity index (χ3n) is 3.40. The maximum Gasteiger partial charge on any atom is 0.204 e. The van der Waals surface area contributed by atoms with Crippen LogP contribution in [0.2, 0.25) is 0 Å². The number of benzene rings is 1. The van der Waals surface area contributed by atoms with Crippen molar-refractivity contribution in [1.29, 1.82) is 0 Å². The Morgan fingerprint density at radius 2 is 1.86 bits per heavy atom. The van der Waals surface area contributed by atoms with Crippen LogP contribution in [0.5, 0.6) is 0 Å². The van der Waals surface area contributed by atoms with Crippen LogP contribution < -0.4 is 0 Å². The van der Waals surface area contributed by atoms with Crippen LogP contribution in [0.1, 0.15) is 27.3 Å². The van der Waals surface area contributed by atoms with Crippen LogP contribution in [-0.4, -0.2) is 15.2 Å². The molecule has 0 aliphatic rings. The summed E-state index contributed by atoms with van der Waals surface area (Å²) in [4.78, 5) is 16.9. The number of rotatable bonds is 3. The van der Waals surface area contributed by atoms with E-state index in [0.29, 0.717) is 5.69 Å². The molecule has 21 heavy (non-hydrogen) atoms. The van der Waals surface area contributed by atoms with Crippen LogP contribution in [-0.2, 0) is 0 Å². The van der Waals surface area contributed by atoms with Gasteiger partial charge in [0.15, 0.2) is 0 Å². The van der Waals surface area contributed by atoms with E-state index in [0.717, 1.165) is 22.5 Å². The minimum absolute atomic E-state index is 0.0329. The Morgan fingerprint density at radius 3 is 2.62 bits per heavy atom. The Balaban J connectivity index is 2.00. The molecule has 0 aliphatic heterocycles. The van der Waals surface area contributed by atoms with Crippen LogP contribution in [0.4, 0.5) is 0 Å². The number of pyridine rings is 1. The third kappa shape index (κ3) is 2.63. The molecule has 0 bridgehead atoms. The van der Waals surface area contributed by atoms with Gasteiger partial charge in [-0.15, -0.1) is 0 Å². The summed E-state index contributed by atoms with van der Waals surface area (Å²) in [5.41, 5.74) is 4.29. The van der Waals surface area contributed by atoms with Gasteiger partial charge in [0.2, 0.25) is 5.78 Å². The summed E-state index contributed by atoms with van der Waals surface area (Å²) in [6, 6.07) is 13.7. The molecule has 2 aromatic heterocycles. The lowest BCUT2D eigenvalue weighted by molar-refractivity contribution is 0.104. The predicted molar refractivity (Wildman–Crippen MR) is 84.5 cm³/mol. The first kappa shape index (κ1) is 13.3. The first-order chi connectivity index (χ1) is 10.1. The molecular weight excluding hydrogens is 260 g/mol. The molecule has 0 amide bonds. The first-order valence-electron chi connectivity index (χ1n) is 6.88. The van der Waals surface area contributed by atoms with Crippen molar-refractivity contribution in [3.8, 4) is 0 Å². The average molecular weight is 276 g/mol. The lowest BCUT2D eigenvalue weighted by Crippen LogP contribution is -2.02. The zero-order valence-corrected chi connectivity index (χ0v) is 12.1. The number of nitrogens with zero attached hydrogens (tertiary/aromatic N) is 2. The number of hydrogen-bond donors (Lipinski definition) is 0. The van der Waals surface area contributed by atoms with Gasteiger partial charge < -0.3 is 0 Å². The molecule has 0 radical (unpaired) electrons. The molecule has 3 aromatic rings. The maximum atomic E-state index is 12.5. The van der Waals surface area contributed by atoms with Gasteiger partial charge in [0, 0.05) is 6.20 Å². The molecule has 0 saturated heterocycles. The zero-order valence-electron chi connectivity index (χ0n) is 12.1. The van der Waals surface area contributed by atoms with Crippen molar-refractivity contribution in [2.45, 2.75) is 13.8 Å². The topological polar surface area (TPSA) is 34.4 Å². The summed E-state index contributed by atoms with van der Waals surface area (Å²) in [6.45, 7) is 3.87. The summed E-state index contributed by atoms with van der Waals surface area (Å²) in [5, 5.41) is 0. The van der Waals surface area contributed by atoms with Crippen molar-refractivity contribution in [3.63, 3.8) is 0 Å². The maximum absolute atomic E-state index is 12.5. The van der Waals surface area contributed by atoms with Gasteiger partial charge in [0.05, 0.1) is 5.69 Å². The first-order valence-corrected chi connectivity index (χ1v) is 6.88. The summed E-state index contributed by atoms with van der Waals surface area (Å²) < 4.78 is 1.86. The number of hydrogen-bond acceptors (Lipinski definition) is 2. The minimum atomic E-state index is -0.0329. The second-order valence-corrected chi connectivity index (χ2v) is 5.09. The Kier molecular flexibility index (Phi) is 3.40. The van der Waals surface area contributed by atoms with Crippen molar-refractivity contribution in [3.05, 3.63) is 77.3 Å². The number of allylic oxidation sites excluding steroid dienone is 1. The molecular formula is C18H16N2O. The molecule has 0 unspecified atom stereocenters. The Bertz CT molecular complexity index is 829. The lowest BCUT2D eigenvalue weighted by atomic mass is 10.1. The van der Waals surface area contributed by atoms with Gasteiger partial charge in [-0.2, -0.15) is 0 Å². The number of carbonyl (C=O) groups excluding carboxylic acids is 1. The molecule has 0 saturated carbocycles. The fourth-order valence-corrected chi connectivity index (χ4v) is 2.38. The van der Waals surface area contributed by atoms with Gasteiger partial charge in [0.25, 0.3) is 0 Å². The summed E-state index contributed by atoms with van der Waals surface area (Å²) in [7, 11) is 0. The van der Waals surface area contributed by atoms with Crippen molar-refractivity contribution in [2.75, 3.05) is 0 Å². The van der Waals surface area contributed by atoms with E-state index in [1.54, 1.807) is 6.08 Å². The second-order valence-electron chi connectivity index (χ2n) is 5.09. The fraction of sp³-hybridized carbons (Fsp3) is 0.111. The number of imidazole rings is 1. The highest BCUT2D eigenvalue weighted by atomic mass is 16.1. The largest absolute Gasteiger partial charge is 0.296 e. The number of aromatic nitrogens is 2. The molecule has 2 heterocycles. The molecule has 104 valence electrons. The molecule has 0 fully saturated rings. The van der Waals surface area contributed by atoms with Gasteiger partial charge in [-0.05, 0) is 37.1 Å². The van der Waals surface area contributed by atoms with Gasteiger partial charge in [-0.3, -0.25) is 9.20 Å². The minimum Gasteiger partial charge on any atom is -0.296 e. The number of ketones is 1. The fourth-order valence-electron chi connectivity index (χ4n) is 2.38. The molecule has 3 nitrogen and oxygen atoms in total. The molecule has 0 aliphatic carbocycles. The standard InChI is InChI=1S/C18H16N2O/c1-13-8-11-17-19-14(2)18(20(17)12-13)16(21)10-9-15-6-4-3-5-7-15/h3-12H,1-2H3/b10-9+. The van der Waals surface area contributed by atoms with E-state index in [1.165, 1.54) is 0 Å². The molecule has 0 atom stereocenters. The highest BCUT2D eigenvalue weighted by molar-refractivity contribution is 6.07. The van der Waals surface area contributed by atoms with Crippen LogP contribution >= 0.6 is 0 Å². The molecule has 0 spiro atoms. The third-order valence-corrected chi connectivity index (χ3v) is 3.40. The average Bonchev–Trinajstić information content (AvgIpc) is 2.81. The van der Waals surface area contributed by atoms with E-state index < -0.39 is 0 Å². The number of carbonyl (C=O) groups is 1. The predicted octanol–water partition coefficient (Wildman–Crippen LogP) is 3.85. The number of aryl methyl sites for hydroxylation is 2. The van der Waals surface area contributed by atoms with E-state index in [2.05, 4.69) is 4.98 Å². The van der Waals surface area contributed by atoms with E-state index in [4.69, 9.17) is 0 Å². The van der Waals surface area contributed by atoms with E-state index >= 15 is 0 Å². The zero-order chi connectivity index (χ0) is 14.8. The van der Waals surface area contributed by atoms with Crippen molar-refractivity contribution in [1.82, 2.24) is 9.38 Å². The second kappa shape index (κ2) is 5.37. The van der Waals surface area contributed by atoms with Crippen molar-refractivity contribution in [2.24, 2.45) is 0 Å². The highest BCUT2D eigenvalue weighted by Crippen LogP contribution is 2.15. The normalized spacial score (nSPS) is 11.3. The quantitative estimate of drug-likeness (QED) is 0.538. The van der Waals surface area contributed by atoms with Crippen LogP contribution in [0.3, 0.4) is 0 Å². The Labute approximate surface area is 123 Å². The van der Waals surface area contributed by atoms with Crippen LogP contribution in [0.15, 0.2) is 54.7 Å². The van der Waals surface area contributed by atoms with Crippen molar-refractivity contribution >= 4 is 17.5 Å². The molecule has 1 aromatic carbocycles. The van der Waals surface area contributed by atoms with Gasteiger partial charge in [-0.1, -0.05) is 42.5 Å². The highest BCUT2D eigenvalue weighted by Gasteiger charge is 2.14. The summed E-state index contributed by atoms with van der Waals surface area (Å²) in [5.74, 6) is -0.0329. The van der Waals surface area contributed by atoms with Gasteiger partial charge in [0.1, 0.15) is 11.3 Å². The van der Waals surface area contributed by atoms with Crippen molar-refractivity contribution < 1.29 is 4.79 Å². The Hall–Kier alpha value is -2.68. The Morgan fingerprint density at radius 1 is 1.10 bits per heavy atom. The molecule has 0 N–H and O–H groups in total. The van der Waals surface area contributed by atoms with E-state index in [9.17, 15) is 4.79 Å². The van der Waals surface area contributed by atoms with Crippen LogP contribution in [0.25, 0.3) is 11.7 Å². The number of fused-ring (bicyclic) bond motifs is 1. The molecule has 3 rings (SSSR count). The van der Waals surface area contributed by atoms with Crippen LogP contribution in [0, 0.1) is 13.8 Å². The summed E-state index contributed by atoms with van der Waals surface area (Å²) >= 11 is 0. The monoisotopic (exact) mass is 276 g/mol. The molecule has 3 heteroatoms. The van der Waals surface area contributed by atoms with E-state index in [-0.39, 0.29) is 5.78 Å². The van der Waals surface area contributed by atoms with Gasteiger partial charge >= 0.3 is 0 Å². The lowest BCUT2D eigenvalue weighted by Gasteiger charge is -2.00. The van der Waals surface area contributed by atoms with E-state index in [1.807, 2.05) is 73.0 Å². The smallest absolute Gasteiger partial charge is 0.204 e. The van der Waals surface area contributed by atoms with Gasteiger partial charge in [-0.25, -0.2) is 4.98 Å². The summed E-state index contributed by atoms with van der Waals surface area (Å²) in [6.07, 6.45) is 5.38. The SMILES string of the molecule is Cc1ccc2nc(C)c(C(=O)/C=C/c3ccccc3)n2c1.